The van der Waals surface area contributed by atoms with E-state index in [-0.39, 0.29) is 39.0 Å². The van der Waals surface area contributed by atoms with Crippen LogP contribution in [0.2, 0.25) is 5.02 Å². The van der Waals surface area contributed by atoms with Crippen molar-refractivity contribution in [1.82, 2.24) is 25.6 Å². The molecule has 0 bridgehead atoms. The van der Waals surface area contributed by atoms with E-state index in [2.05, 4.69) is 20.7 Å². The number of piperidine rings is 1. The van der Waals surface area contributed by atoms with Crippen LogP contribution in [0.3, 0.4) is 0 Å². The molecule has 0 aliphatic carbocycles. The van der Waals surface area contributed by atoms with E-state index in [1.165, 1.54) is 4.90 Å². The topological polar surface area (TPSA) is 163 Å². The van der Waals surface area contributed by atoms with Crippen LogP contribution >= 0.6 is 11.6 Å². The van der Waals surface area contributed by atoms with Gasteiger partial charge in [-0.1, -0.05) is 84.4 Å². The Kier molecular flexibility index (Phi) is 15.2. The average Bonchev–Trinajstić information content (AvgIpc) is 3.61. The highest BCUT2D eigenvalue weighted by Crippen LogP contribution is 2.26. The second-order valence-corrected chi connectivity index (χ2v) is 16.3. The van der Waals surface area contributed by atoms with Gasteiger partial charge in [0.05, 0.1) is 19.0 Å². The fraction of sp³-hybridized carbons (Fsp3) is 0.450. The summed E-state index contributed by atoms with van der Waals surface area (Å²) in [7, 11) is -3.79. The van der Waals surface area contributed by atoms with E-state index in [9.17, 15) is 27.6 Å². The monoisotopic (exact) mass is 779 g/mol. The molecule has 2 fully saturated rings. The van der Waals surface area contributed by atoms with Gasteiger partial charge in [-0.15, -0.1) is 0 Å². The first-order chi connectivity index (χ1) is 25.9. The first-order valence-electron chi connectivity index (χ1n) is 18.5. The van der Waals surface area contributed by atoms with Crippen LogP contribution in [-0.4, -0.2) is 93.5 Å². The highest BCUT2D eigenvalue weighted by atomic mass is 35.5. The number of halogens is 1. The lowest BCUT2D eigenvalue weighted by Crippen LogP contribution is -2.56. The van der Waals surface area contributed by atoms with Crippen molar-refractivity contribution in [2.24, 2.45) is 5.92 Å². The number of likely N-dealkylation sites (tertiary alicyclic amines) is 1. The third kappa shape index (κ3) is 12.7. The van der Waals surface area contributed by atoms with Crippen molar-refractivity contribution in [3.05, 3.63) is 107 Å². The number of amides is 3. The van der Waals surface area contributed by atoms with Crippen molar-refractivity contribution >= 4 is 45.1 Å². The number of Topliss-reactive ketones (excluding diaryl/α,β-unsaturated/α-hetero) is 1. The summed E-state index contributed by atoms with van der Waals surface area (Å²) in [4.78, 5) is 56.8. The lowest BCUT2D eigenvalue weighted by atomic mass is 9.91. The Balaban J connectivity index is 1.35. The van der Waals surface area contributed by atoms with Gasteiger partial charge in [-0.05, 0) is 79.9 Å². The Bertz CT molecular complexity index is 1810. The zero-order valence-corrected chi connectivity index (χ0v) is 32.1. The summed E-state index contributed by atoms with van der Waals surface area (Å²) >= 11 is 6.05. The molecule has 3 amide bonds. The number of sulfonamides is 1. The van der Waals surface area contributed by atoms with Crippen LogP contribution in [0.25, 0.3) is 0 Å². The summed E-state index contributed by atoms with van der Waals surface area (Å²) in [6, 6.07) is 22.3. The van der Waals surface area contributed by atoms with Crippen LogP contribution in [0.15, 0.2) is 84.9 Å². The summed E-state index contributed by atoms with van der Waals surface area (Å²) < 4.78 is 33.7. The Labute approximate surface area is 322 Å². The van der Waals surface area contributed by atoms with Gasteiger partial charge in [0.2, 0.25) is 27.6 Å². The smallest absolute Gasteiger partial charge is 0.289 e. The lowest BCUT2D eigenvalue weighted by Gasteiger charge is -2.30. The number of ketones is 1. The SMILES string of the molecule is CS(=O)(=O)N[C@H](CCC1CCNCC1)C(=O)N1C[C@H](OCc2ccc(Cl)cc2)C[C@H]1C(=O)N[C@@H](Cc1ccccc1)C(=O)C(=O)NCCc1ccccc1. The molecule has 4 atom stereocenters. The van der Waals surface area contributed by atoms with Crippen molar-refractivity contribution < 1.29 is 32.3 Å². The zero-order chi connectivity index (χ0) is 38.5. The van der Waals surface area contributed by atoms with E-state index in [0.29, 0.717) is 23.8 Å². The molecule has 2 aliphatic rings. The quantitative estimate of drug-likeness (QED) is 0.143. The fourth-order valence-corrected chi connectivity index (χ4v) is 7.87. The normalized spacial score (nSPS) is 18.8. The summed E-state index contributed by atoms with van der Waals surface area (Å²) in [6.07, 6.45) is 3.83. The van der Waals surface area contributed by atoms with Crippen molar-refractivity contribution in [3.63, 3.8) is 0 Å². The number of carbonyl (C=O) groups is 4. The first-order valence-corrected chi connectivity index (χ1v) is 20.8. The summed E-state index contributed by atoms with van der Waals surface area (Å²) in [5, 5.41) is 9.37. The van der Waals surface area contributed by atoms with Gasteiger partial charge >= 0.3 is 0 Å². The molecule has 54 heavy (non-hydrogen) atoms. The standard InChI is InChI=1S/C40H50ClN5O7S/c1-54(51,52)45-34(17-14-29-18-21-42-22-19-29)40(50)46-26-33(53-27-31-12-15-32(41)16-13-31)25-36(46)38(48)44-35(24-30-10-6-3-7-11-30)37(47)39(49)43-23-20-28-8-4-2-5-9-28/h2-13,15-16,29,33-36,42,45H,14,17-27H2,1H3,(H,43,49)(H,44,48)/t33-,34-,35+,36+/m1/s1. The molecule has 3 aromatic rings. The summed E-state index contributed by atoms with van der Waals surface area (Å²) in [6.45, 7) is 2.16. The summed E-state index contributed by atoms with van der Waals surface area (Å²) in [5.74, 6) is -2.49. The van der Waals surface area contributed by atoms with Gasteiger partial charge < -0.3 is 25.6 Å². The highest BCUT2D eigenvalue weighted by Gasteiger charge is 2.44. The minimum atomic E-state index is -3.79. The number of nitrogens with zero attached hydrogens (tertiary/aromatic N) is 1. The Morgan fingerprint density at radius 3 is 2.19 bits per heavy atom. The third-order valence-corrected chi connectivity index (χ3v) is 10.9. The number of hydrogen-bond acceptors (Lipinski definition) is 8. The molecule has 0 radical (unpaired) electrons. The molecule has 3 aromatic carbocycles. The van der Waals surface area contributed by atoms with Gasteiger partial charge in [0.25, 0.3) is 5.91 Å². The number of nitrogens with one attached hydrogen (secondary N) is 4. The minimum absolute atomic E-state index is 0.0249. The molecule has 2 saturated heterocycles. The van der Waals surface area contributed by atoms with E-state index >= 15 is 0 Å². The predicted molar refractivity (Wildman–Crippen MR) is 207 cm³/mol. The molecule has 12 nitrogen and oxygen atoms in total. The van der Waals surface area contributed by atoms with Crippen LogP contribution in [0, 0.1) is 5.92 Å². The predicted octanol–water partition coefficient (Wildman–Crippen LogP) is 3.18. The van der Waals surface area contributed by atoms with Crippen molar-refractivity contribution in [2.45, 2.75) is 75.8 Å². The Hall–Kier alpha value is -4.14. The van der Waals surface area contributed by atoms with Crippen molar-refractivity contribution in [3.8, 4) is 0 Å². The van der Waals surface area contributed by atoms with E-state index < -0.39 is 57.8 Å². The van der Waals surface area contributed by atoms with Crippen LogP contribution in [0.1, 0.15) is 48.8 Å². The third-order valence-electron chi connectivity index (χ3n) is 9.91. The van der Waals surface area contributed by atoms with Gasteiger partial charge in [0.1, 0.15) is 18.1 Å². The average molecular weight is 780 g/mol. The molecular formula is C40H50ClN5O7S. The molecule has 2 aliphatic heterocycles. The first kappa shape index (κ1) is 41.0. The van der Waals surface area contributed by atoms with Gasteiger partial charge in [0.15, 0.2) is 0 Å². The number of ether oxygens (including phenoxy) is 1. The largest absolute Gasteiger partial charge is 0.372 e. The molecule has 0 spiro atoms. The Morgan fingerprint density at radius 2 is 1.54 bits per heavy atom. The van der Waals surface area contributed by atoms with Crippen molar-refractivity contribution in [2.75, 3.05) is 32.4 Å². The van der Waals surface area contributed by atoms with E-state index in [1.54, 1.807) is 36.4 Å². The van der Waals surface area contributed by atoms with Crippen LogP contribution < -0.4 is 20.7 Å². The molecule has 2 heterocycles. The van der Waals surface area contributed by atoms with Gasteiger partial charge in [0, 0.05) is 31.0 Å². The molecule has 0 aromatic heterocycles. The number of benzene rings is 3. The van der Waals surface area contributed by atoms with Gasteiger partial charge in [-0.2, -0.15) is 0 Å². The summed E-state index contributed by atoms with van der Waals surface area (Å²) in [5.41, 5.74) is 2.57. The maximum atomic E-state index is 14.3. The maximum absolute atomic E-state index is 14.3. The highest BCUT2D eigenvalue weighted by molar-refractivity contribution is 7.88. The fourth-order valence-electron chi connectivity index (χ4n) is 7.01. The lowest BCUT2D eigenvalue weighted by molar-refractivity contribution is -0.142. The molecular weight excluding hydrogens is 730 g/mol. The molecule has 5 rings (SSSR count). The second-order valence-electron chi connectivity index (χ2n) is 14.1. The molecule has 4 N–H and O–H groups in total. The maximum Gasteiger partial charge on any atom is 0.289 e. The Morgan fingerprint density at radius 1 is 0.889 bits per heavy atom. The van der Waals surface area contributed by atoms with Gasteiger partial charge in [-0.3, -0.25) is 19.2 Å². The van der Waals surface area contributed by atoms with Crippen LogP contribution in [-0.2, 0) is 53.4 Å². The van der Waals surface area contributed by atoms with E-state index in [1.807, 2.05) is 48.5 Å². The van der Waals surface area contributed by atoms with E-state index in [4.69, 9.17) is 16.3 Å². The molecule has 0 saturated carbocycles. The number of hydrogen-bond donors (Lipinski definition) is 4. The molecule has 14 heteroatoms. The van der Waals surface area contributed by atoms with Crippen LogP contribution in [0.5, 0.6) is 0 Å². The van der Waals surface area contributed by atoms with Crippen LogP contribution in [0.4, 0.5) is 0 Å². The van der Waals surface area contributed by atoms with Gasteiger partial charge in [-0.25, -0.2) is 13.1 Å². The molecule has 0 unspecified atom stereocenters. The molecule has 290 valence electrons. The second kappa shape index (κ2) is 20.0. The minimum Gasteiger partial charge on any atom is -0.372 e. The number of rotatable bonds is 18. The van der Waals surface area contributed by atoms with Crippen molar-refractivity contribution in [1.29, 1.82) is 0 Å². The number of carbonyl (C=O) groups excluding carboxylic acids is 4. The van der Waals surface area contributed by atoms with E-state index in [0.717, 1.165) is 48.9 Å². The zero-order valence-electron chi connectivity index (χ0n) is 30.5.